The van der Waals surface area contributed by atoms with Crippen molar-refractivity contribution in [1.82, 2.24) is 4.31 Å². The van der Waals surface area contributed by atoms with Crippen LogP contribution in [0.1, 0.15) is 18.9 Å². The highest BCUT2D eigenvalue weighted by Crippen LogP contribution is 2.25. The molecule has 0 amide bonds. The lowest BCUT2D eigenvalue weighted by molar-refractivity contribution is 0.464. The molecule has 1 aromatic carbocycles. The summed E-state index contributed by atoms with van der Waals surface area (Å²) in [5, 5.41) is 0. The van der Waals surface area contributed by atoms with Crippen LogP contribution in [0, 0.1) is 12.8 Å². The Morgan fingerprint density at radius 1 is 1.35 bits per heavy atom. The predicted octanol–water partition coefficient (Wildman–Crippen LogP) is 1.61. The van der Waals surface area contributed by atoms with Gasteiger partial charge < -0.3 is 5.73 Å². The molecule has 0 radical (unpaired) electrons. The fourth-order valence-corrected chi connectivity index (χ4v) is 3.90. The average Bonchev–Trinajstić information content (AvgIpc) is 2.64. The van der Waals surface area contributed by atoms with Crippen LogP contribution in [0.15, 0.2) is 23.1 Å². The molecule has 0 spiro atoms. The summed E-state index contributed by atoms with van der Waals surface area (Å²) in [4.78, 5) is 0.309. The molecule has 1 heterocycles. The van der Waals surface area contributed by atoms with Crippen LogP contribution < -0.4 is 5.73 Å². The number of hydrogen-bond donors (Lipinski definition) is 1. The van der Waals surface area contributed by atoms with E-state index in [0.29, 0.717) is 29.6 Å². The molecule has 4 nitrogen and oxygen atoms in total. The first-order valence-corrected chi connectivity index (χ1v) is 7.21. The summed E-state index contributed by atoms with van der Waals surface area (Å²) in [6, 6.07) is 4.98. The minimum absolute atomic E-state index is 0.309. The van der Waals surface area contributed by atoms with E-state index in [-0.39, 0.29) is 0 Å². The van der Waals surface area contributed by atoms with Gasteiger partial charge in [0.15, 0.2) is 0 Å². The Morgan fingerprint density at radius 2 is 2.06 bits per heavy atom. The second-order valence-corrected chi connectivity index (χ2v) is 6.77. The second-order valence-electron chi connectivity index (χ2n) is 4.84. The van der Waals surface area contributed by atoms with Crippen LogP contribution in [0.3, 0.4) is 0 Å². The van der Waals surface area contributed by atoms with Gasteiger partial charge in [0.25, 0.3) is 0 Å². The zero-order valence-electron chi connectivity index (χ0n) is 10.2. The Labute approximate surface area is 102 Å². The molecular weight excluding hydrogens is 236 g/mol. The molecule has 1 aromatic rings. The third-order valence-corrected chi connectivity index (χ3v) is 4.94. The molecule has 1 aliphatic rings. The van der Waals surface area contributed by atoms with Gasteiger partial charge in [-0.3, -0.25) is 0 Å². The number of nitrogen functional groups attached to an aromatic ring is 1. The highest BCUT2D eigenvalue weighted by atomic mass is 32.2. The van der Waals surface area contributed by atoms with E-state index in [4.69, 9.17) is 5.73 Å². The summed E-state index contributed by atoms with van der Waals surface area (Å²) in [6.07, 6.45) is 0.931. The van der Waals surface area contributed by atoms with Gasteiger partial charge in [-0.25, -0.2) is 8.42 Å². The van der Waals surface area contributed by atoms with Gasteiger partial charge in [-0.1, -0.05) is 6.92 Å². The van der Waals surface area contributed by atoms with E-state index in [1.165, 1.54) is 6.07 Å². The minimum Gasteiger partial charge on any atom is -0.399 e. The Bertz CT molecular complexity index is 505. The summed E-state index contributed by atoms with van der Waals surface area (Å²) < 4.78 is 26.3. The summed E-state index contributed by atoms with van der Waals surface area (Å²) in [5.74, 6) is 0.437. The quantitative estimate of drug-likeness (QED) is 0.815. The van der Waals surface area contributed by atoms with Gasteiger partial charge in [0.1, 0.15) is 0 Å². The molecular formula is C12H18N2O2S. The summed E-state index contributed by atoms with van der Waals surface area (Å²) >= 11 is 0. The van der Waals surface area contributed by atoms with Crippen LogP contribution in [0.5, 0.6) is 0 Å². The van der Waals surface area contributed by atoms with Crippen LogP contribution in [0.25, 0.3) is 0 Å². The van der Waals surface area contributed by atoms with Crippen LogP contribution >= 0.6 is 0 Å². The molecule has 5 heteroatoms. The summed E-state index contributed by atoms with van der Waals surface area (Å²) in [7, 11) is -3.36. The number of nitrogens with two attached hydrogens (primary N) is 1. The molecule has 17 heavy (non-hydrogen) atoms. The standard InChI is InChI=1S/C12H18N2O2S/c1-9-3-4-14(8-9)17(15,16)12-6-10(2)5-11(13)7-12/h5-7,9H,3-4,8,13H2,1-2H3. The summed E-state index contributed by atoms with van der Waals surface area (Å²) in [6.45, 7) is 5.13. The molecule has 0 saturated carbocycles. The largest absolute Gasteiger partial charge is 0.399 e. The predicted molar refractivity (Wildman–Crippen MR) is 68.1 cm³/mol. The Morgan fingerprint density at radius 3 is 2.59 bits per heavy atom. The van der Waals surface area contributed by atoms with Crippen molar-refractivity contribution in [2.24, 2.45) is 5.92 Å². The van der Waals surface area contributed by atoms with E-state index in [9.17, 15) is 8.42 Å². The smallest absolute Gasteiger partial charge is 0.243 e. The van der Waals surface area contributed by atoms with Crippen molar-refractivity contribution in [1.29, 1.82) is 0 Å². The van der Waals surface area contributed by atoms with Crippen molar-refractivity contribution in [3.63, 3.8) is 0 Å². The van der Waals surface area contributed by atoms with E-state index < -0.39 is 10.0 Å². The van der Waals surface area contributed by atoms with Gasteiger partial charge in [-0.15, -0.1) is 0 Å². The van der Waals surface area contributed by atoms with Crippen LogP contribution in [0.4, 0.5) is 5.69 Å². The maximum atomic E-state index is 12.4. The molecule has 94 valence electrons. The molecule has 0 bridgehead atoms. The van der Waals surface area contributed by atoms with Crippen molar-refractivity contribution in [3.8, 4) is 0 Å². The number of benzene rings is 1. The first-order valence-electron chi connectivity index (χ1n) is 5.77. The zero-order valence-corrected chi connectivity index (χ0v) is 11.0. The maximum absolute atomic E-state index is 12.4. The van der Waals surface area contributed by atoms with Gasteiger partial charge in [0.05, 0.1) is 4.90 Å². The van der Waals surface area contributed by atoms with Crippen LogP contribution in [-0.2, 0) is 10.0 Å². The fourth-order valence-electron chi connectivity index (χ4n) is 2.19. The number of aryl methyl sites for hydroxylation is 1. The molecule has 1 fully saturated rings. The first-order chi connectivity index (χ1) is 7.89. The maximum Gasteiger partial charge on any atom is 0.243 e. The fraction of sp³-hybridized carbons (Fsp3) is 0.500. The molecule has 0 aliphatic carbocycles. The normalized spacial score (nSPS) is 21.9. The Kier molecular flexibility index (Phi) is 3.14. The van der Waals surface area contributed by atoms with Crippen LogP contribution in [0.2, 0.25) is 0 Å². The second kappa shape index (κ2) is 4.31. The van der Waals surface area contributed by atoms with Crippen molar-refractivity contribution in [2.75, 3.05) is 18.8 Å². The summed E-state index contributed by atoms with van der Waals surface area (Å²) in [5.41, 5.74) is 7.07. The van der Waals surface area contributed by atoms with E-state index >= 15 is 0 Å². The number of sulfonamides is 1. The minimum atomic E-state index is -3.36. The lowest BCUT2D eigenvalue weighted by atomic mass is 10.2. The average molecular weight is 254 g/mol. The molecule has 1 unspecified atom stereocenters. The van der Waals surface area contributed by atoms with Crippen molar-refractivity contribution < 1.29 is 8.42 Å². The highest BCUT2D eigenvalue weighted by molar-refractivity contribution is 7.89. The molecule has 2 rings (SSSR count). The third kappa shape index (κ3) is 2.45. The molecule has 1 atom stereocenters. The third-order valence-electron chi connectivity index (χ3n) is 3.10. The number of hydrogen-bond acceptors (Lipinski definition) is 3. The van der Waals surface area contributed by atoms with Crippen molar-refractivity contribution in [2.45, 2.75) is 25.2 Å². The van der Waals surface area contributed by atoms with Gasteiger partial charge in [0, 0.05) is 18.8 Å². The topological polar surface area (TPSA) is 63.4 Å². The van der Waals surface area contributed by atoms with Gasteiger partial charge in [0.2, 0.25) is 10.0 Å². The molecule has 1 saturated heterocycles. The van der Waals surface area contributed by atoms with Gasteiger partial charge >= 0.3 is 0 Å². The first kappa shape index (κ1) is 12.4. The number of rotatable bonds is 2. The van der Waals surface area contributed by atoms with Gasteiger partial charge in [-0.05, 0) is 43.0 Å². The Hall–Kier alpha value is -1.07. The van der Waals surface area contributed by atoms with E-state index in [1.54, 1.807) is 16.4 Å². The molecule has 2 N–H and O–H groups in total. The zero-order chi connectivity index (χ0) is 12.6. The van der Waals surface area contributed by atoms with Crippen molar-refractivity contribution >= 4 is 15.7 Å². The number of nitrogens with zero attached hydrogens (tertiary/aromatic N) is 1. The van der Waals surface area contributed by atoms with E-state index in [2.05, 4.69) is 6.92 Å². The van der Waals surface area contributed by atoms with Gasteiger partial charge in [-0.2, -0.15) is 4.31 Å². The van der Waals surface area contributed by atoms with Crippen molar-refractivity contribution in [3.05, 3.63) is 23.8 Å². The Balaban J connectivity index is 2.38. The SMILES string of the molecule is Cc1cc(N)cc(S(=O)(=O)N2CCC(C)C2)c1. The van der Waals surface area contributed by atoms with Crippen LogP contribution in [-0.4, -0.2) is 25.8 Å². The molecule has 0 aromatic heterocycles. The number of anilines is 1. The lowest BCUT2D eigenvalue weighted by Gasteiger charge is -2.16. The lowest BCUT2D eigenvalue weighted by Crippen LogP contribution is -2.28. The highest BCUT2D eigenvalue weighted by Gasteiger charge is 2.30. The monoisotopic (exact) mass is 254 g/mol. The van der Waals surface area contributed by atoms with E-state index in [1.807, 2.05) is 6.92 Å². The van der Waals surface area contributed by atoms with E-state index in [0.717, 1.165) is 12.0 Å². The molecule has 1 aliphatic heterocycles.